The first kappa shape index (κ1) is 12.2. The van der Waals surface area contributed by atoms with Crippen LogP contribution in [0.4, 0.5) is 0 Å². The van der Waals surface area contributed by atoms with Crippen LogP contribution in [0.3, 0.4) is 0 Å². The highest BCUT2D eigenvalue weighted by Gasteiger charge is 2.13. The van der Waals surface area contributed by atoms with Crippen LogP contribution in [0.5, 0.6) is 0 Å². The van der Waals surface area contributed by atoms with E-state index in [2.05, 4.69) is 20.0 Å². The van der Waals surface area contributed by atoms with Crippen LogP contribution in [0, 0.1) is 0 Å². The average molecular weight is 232 g/mol. The molecule has 1 heterocycles. The fourth-order valence-electron chi connectivity index (χ4n) is 1.01. The summed E-state index contributed by atoms with van der Waals surface area (Å²) in [6.07, 6.45) is 2.61. The molecule has 0 amide bonds. The highest BCUT2D eigenvalue weighted by molar-refractivity contribution is 7.89. The molecule has 0 bridgehead atoms. The highest BCUT2D eigenvalue weighted by Crippen LogP contribution is 2.00. The van der Waals surface area contributed by atoms with Gasteiger partial charge in [0.1, 0.15) is 0 Å². The number of imidazole rings is 1. The summed E-state index contributed by atoms with van der Waals surface area (Å²) < 4.78 is 25.5. The molecule has 0 fully saturated rings. The zero-order valence-electron chi connectivity index (χ0n) is 8.82. The van der Waals surface area contributed by atoms with E-state index in [1.165, 1.54) is 12.5 Å². The first-order valence-corrected chi connectivity index (χ1v) is 6.22. The molecule has 0 atom stereocenters. The lowest BCUT2D eigenvalue weighted by Crippen LogP contribution is -2.34. The molecule has 6 nitrogen and oxygen atoms in total. The van der Waals surface area contributed by atoms with Crippen molar-refractivity contribution in [2.45, 2.75) is 24.9 Å². The molecule has 3 N–H and O–H groups in total. The number of aromatic amines is 1. The molecule has 7 heteroatoms. The summed E-state index contributed by atoms with van der Waals surface area (Å²) in [6, 6.07) is 0.349. The third-order valence-corrected chi connectivity index (χ3v) is 3.12. The average Bonchev–Trinajstić information content (AvgIpc) is 2.65. The number of nitrogens with zero attached hydrogens (tertiary/aromatic N) is 1. The predicted molar refractivity (Wildman–Crippen MR) is 56.9 cm³/mol. The van der Waals surface area contributed by atoms with E-state index in [9.17, 15) is 8.42 Å². The molecule has 15 heavy (non-hydrogen) atoms. The molecular formula is C8H16N4O2S. The van der Waals surface area contributed by atoms with Gasteiger partial charge < -0.3 is 10.3 Å². The van der Waals surface area contributed by atoms with Crippen LogP contribution in [-0.2, 0) is 10.0 Å². The minimum absolute atomic E-state index is 0.0899. The van der Waals surface area contributed by atoms with Crippen molar-refractivity contribution < 1.29 is 8.42 Å². The third kappa shape index (κ3) is 3.98. The van der Waals surface area contributed by atoms with E-state index >= 15 is 0 Å². The molecule has 0 unspecified atom stereocenters. The van der Waals surface area contributed by atoms with Gasteiger partial charge in [0, 0.05) is 19.1 Å². The van der Waals surface area contributed by atoms with Crippen LogP contribution in [0.1, 0.15) is 13.8 Å². The summed E-state index contributed by atoms with van der Waals surface area (Å²) in [5.74, 6) is 0. The Labute approximate surface area is 89.5 Å². The van der Waals surface area contributed by atoms with Crippen LogP contribution < -0.4 is 10.0 Å². The summed E-state index contributed by atoms with van der Waals surface area (Å²) in [4.78, 5) is 6.20. The molecule has 1 rings (SSSR count). The molecule has 0 saturated carbocycles. The van der Waals surface area contributed by atoms with Crippen molar-refractivity contribution in [3.05, 3.63) is 12.5 Å². The molecule has 0 saturated heterocycles. The van der Waals surface area contributed by atoms with Crippen LogP contribution in [0.2, 0.25) is 0 Å². The van der Waals surface area contributed by atoms with Gasteiger partial charge in [-0.15, -0.1) is 0 Å². The molecule has 0 aliphatic heterocycles. The quantitative estimate of drug-likeness (QED) is 0.587. The second-order valence-corrected chi connectivity index (χ2v) is 5.16. The fourth-order valence-corrected chi connectivity index (χ4v) is 1.95. The summed E-state index contributed by atoms with van der Waals surface area (Å²) in [7, 11) is -3.42. The largest absolute Gasteiger partial charge is 0.335 e. The number of hydrogen-bond acceptors (Lipinski definition) is 4. The van der Waals surface area contributed by atoms with Gasteiger partial charge in [-0.2, -0.15) is 0 Å². The number of hydrogen-bond donors (Lipinski definition) is 3. The van der Waals surface area contributed by atoms with E-state index < -0.39 is 10.0 Å². The molecule has 0 aliphatic carbocycles. The van der Waals surface area contributed by atoms with Crippen molar-refractivity contribution in [1.82, 2.24) is 20.0 Å². The number of aromatic nitrogens is 2. The lowest BCUT2D eigenvalue weighted by atomic mass is 10.4. The summed E-state index contributed by atoms with van der Waals surface area (Å²) in [6.45, 7) is 4.97. The Morgan fingerprint density at radius 1 is 1.47 bits per heavy atom. The van der Waals surface area contributed by atoms with Crippen LogP contribution in [0.25, 0.3) is 0 Å². The summed E-state index contributed by atoms with van der Waals surface area (Å²) >= 11 is 0. The van der Waals surface area contributed by atoms with E-state index in [1.54, 1.807) is 0 Å². The zero-order chi connectivity index (χ0) is 11.3. The minimum atomic E-state index is -3.42. The number of sulfonamides is 1. The molecule has 1 aromatic heterocycles. The normalized spacial score (nSPS) is 12.2. The first-order valence-electron chi connectivity index (χ1n) is 4.74. The Hall–Kier alpha value is -0.920. The van der Waals surface area contributed by atoms with Gasteiger partial charge >= 0.3 is 0 Å². The maximum atomic E-state index is 11.5. The number of nitrogens with one attached hydrogen (secondary N) is 3. The first-order chi connectivity index (χ1) is 7.02. The van der Waals surface area contributed by atoms with Gasteiger partial charge in [-0.1, -0.05) is 13.8 Å². The van der Waals surface area contributed by atoms with Crippen LogP contribution >= 0.6 is 0 Å². The monoisotopic (exact) mass is 232 g/mol. The molecule has 0 aromatic carbocycles. The van der Waals surface area contributed by atoms with Crippen molar-refractivity contribution in [3.63, 3.8) is 0 Å². The third-order valence-electron chi connectivity index (χ3n) is 1.73. The van der Waals surface area contributed by atoms with Gasteiger partial charge in [-0.3, -0.25) is 0 Å². The van der Waals surface area contributed by atoms with Crippen molar-refractivity contribution in [2.24, 2.45) is 0 Å². The lowest BCUT2D eigenvalue weighted by Gasteiger charge is -2.08. The second-order valence-electron chi connectivity index (χ2n) is 3.42. The van der Waals surface area contributed by atoms with Gasteiger partial charge in [0.15, 0.2) is 5.03 Å². The molecule has 0 aliphatic rings. The number of rotatable bonds is 6. The van der Waals surface area contributed by atoms with Crippen molar-refractivity contribution in [1.29, 1.82) is 0 Å². The number of H-pyrrole nitrogens is 1. The molecular weight excluding hydrogens is 216 g/mol. The summed E-state index contributed by atoms with van der Waals surface area (Å²) in [5.41, 5.74) is 0. The molecule has 0 radical (unpaired) electrons. The van der Waals surface area contributed by atoms with E-state index in [-0.39, 0.29) is 5.03 Å². The van der Waals surface area contributed by atoms with Crippen molar-refractivity contribution >= 4 is 10.0 Å². The van der Waals surface area contributed by atoms with Crippen molar-refractivity contribution in [3.8, 4) is 0 Å². The fraction of sp³-hybridized carbons (Fsp3) is 0.625. The van der Waals surface area contributed by atoms with E-state index in [4.69, 9.17) is 0 Å². The minimum Gasteiger partial charge on any atom is -0.335 e. The predicted octanol–water partition coefficient (Wildman–Crippen LogP) is -0.314. The topological polar surface area (TPSA) is 86.9 Å². The van der Waals surface area contributed by atoms with Crippen LogP contribution in [-0.4, -0.2) is 37.5 Å². The van der Waals surface area contributed by atoms with Crippen molar-refractivity contribution in [2.75, 3.05) is 13.1 Å². The maximum absolute atomic E-state index is 11.5. The summed E-state index contributed by atoms with van der Waals surface area (Å²) in [5, 5.41) is 3.20. The van der Waals surface area contributed by atoms with Gasteiger partial charge in [0.25, 0.3) is 10.0 Å². The Morgan fingerprint density at radius 2 is 2.20 bits per heavy atom. The van der Waals surface area contributed by atoms with E-state index in [0.29, 0.717) is 19.1 Å². The molecule has 0 spiro atoms. The zero-order valence-corrected chi connectivity index (χ0v) is 9.63. The van der Waals surface area contributed by atoms with Gasteiger partial charge in [-0.25, -0.2) is 18.1 Å². The standard InChI is InChI=1S/C8H16N4O2S/c1-7(2)10-3-4-12-15(13,14)8-5-9-6-11-8/h5-7,10,12H,3-4H2,1-2H3,(H,9,11). The van der Waals surface area contributed by atoms with Gasteiger partial charge in [-0.05, 0) is 0 Å². The van der Waals surface area contributed by atoms with Crippen LogP contribution in [0.15, 0.2) is 17.6 Å². The Balaban J connectivity index is 2.39. The Kier molecular flexibility index (Phi) is 4.25. The van der Waals surface area contributed by atoms with E-state index in [0.717, 1.165) is 0 Å². The van der Waals surface area contributed by atoms with E-state index in [1.807, 2.05) is 13.8 Å². The maximum Gasteiger partial charge on any atom is 0.257 e. The molecule has 86 valence electrons. The van der Waals surface area contributed by atoms with Gasteiger partial charge in [0.2, 0.25) is 0 Å². The smallest absolute Gasteiger partial charge is 0.257 e. The second kappa shape index (κ2) is 5.24. The lowest BCUT2D eigenvalue weighted by molar-refractivity contribution is 0.558. The van der Waals surface area contributed by atoms with Gasteiger partial charge in [0.05, 0.1) is 12.5 Å². The molecule has 1 aromatic rings. The SMILES string of the molecule is CC(C)NCCNS(=O)(=O)c1cnc[nH]1. The highest BCUT2D eigenvalue weighted by atomic mass is 32.2. The Bertz CT molecular complexity index is 371. The Morgan fingerprint density at radius 3 is 2.73 bits per heavy atom.